The predicted molar refractivity (Wildman–Crippen MR) is 65.7 cm³/mol. The lowest BCUT2D eigenvalue weighted by Gasteiger charge is -2.32. The van der Waals surface area contributed by atoms with Gasteiger partial charge in [0.25, 0.3) is 0 Å². The molecule has 1 fully saturated rings. The van der Waals surface area contributed by atoms with Gasteiger partial charge in [-0.3, -0.25) is 0 Å². The van der Waals surface area contributed by atoms with Crippen LogP contribution in [0.15, 0.2) is 29.4 Å². The highest BCUT2D eigenvalue weighted by molar-refractivity contribution is 5.87. The van der Waals surface area contributed by atoms with Gasteiger partial charge < -0.3 is 15.8 Å². The third-order valence-electron chi connectivity index (χ3n) is 2.96. The second-order valence-corrected chi connectivity index (χ2v) is 4.06. The number of rotatable bonds is 2. The third-order valence-corrected chi connectivity index (χ3v) is 2.96. The molecular formula is C12H17N3O. The molecule has 4 nitrogen and oxygen atoms in total. The monoisotopic (exact) mass is 219 g/mol. The van der Waals surface area contributed by atoms with Crippen LogP contribution in [0.4, 0.5) is 5.69 Å². The van der Waals surface area contributed by atoms with Gasteiger partial charge in [-0.25, -0.2) is 0 Å². The second-order valence-electron chi connectivity index (χ2n) is 4.06. The molecule has 1 aromatic rings. The first kappa shape index (κ1) is 11.0. The average molecular weight is 219 g/mol. The molecule has 1 aliphatic heterocycles. The van der Waals surface area contributed by atoms with Crippen molar-refractivity contribution in [3.8, 4) is 0 Å². The number of hydrogen-bond acceptors (Lipinski definition) is 4. The minimum absolute atomic E-state index is 0.147. The van der Waals surface area contributed by atoms with Crippen LogP contribution in [-0.2, 0) is 0 Å². The van der Waals surface area contributed by atoms with Crippen LogP contribution in [0.25, 0.3) is 0 Å². The SMILES string of the molecule is NN=Cc1ccccc1N1CCC(O)CC1. The quantitative estimate of drug-likeness (QED) is 0.442. The molecule has 3 N–H and O–H groups in total. The van der Waals surface area contributed by atoms with Crippen LogP contribution in [0, 0.1) is 0 Å². The summed E-state index contributed by atoms with van der Waals surface area (Å²) in [7, 11) is 0. The minimum atomic E-state index is -0.147. The van der Waals surface area contributed by atoms with Crippen molar-refractivity contribution in [1.82, 2.24) is 0 Å². The highest BCUT2D eigenvalue weighted by Gasteiger charge is 2.18. The van der Waals surface area contributed by atoms with Crippen molar-refractivity contribution in [2.45, 2.75) is 18.9 Å². The molecule has 1 saturated heterocycles. The smallest absolute Gasteiger partial charge is 0.0574 e. The molecule has 2 rings (SSSR count). The summed E-state index contributed by atoms with van der Waals surface area (Å²) in [6.07, 6.45) is 3.18. The highest BCUT2D eigenvalue weighted by atomic mass is 16.3. The van der Waals surface area contributed by atoms with Crippen molar-refractivity contribution in [3.63, 3.8) is 0 Å². The molecule has 1 heterocycles. The van der Waals surface area contributed by atoms with E-state index < -0.39 is 0 Å². The van der Waals surface area contributed by atoms with E-state index in [0.29, 0.717) is 0 Å². The van der Waals surface area contributed by atoms with Gasteiger partial charge in [0, 0.05) is 24.3 Å². The first-order valence-electron chi connectivity index (χ1n) is 5.56. The van der Waals surface area contributed by atoms with Crippen LogP contribution < -0.4 is 10.7 Å². The number of nitrogens with two attached hydrogens (primary N) is 1. The number of anilines is 1. The van der Waals surface area contributed by atoms with Crippen LogP contribution in [0.1, 0.15) is 18.4 Å². The van der Waals surface area contributed by atoms with E-state index in [0.717, 1.165) is 37.2 Å². The van der Waals surface area contributed by atoms with Crippen molar-refractivity contribution < 1.29 is 5.11 Å². The summed E-state index contributed by atoms with van der Waals surface area (Å²) in [5.41, 5.74) is 2.17. The Balaban J connectivity index is 2.19. The van der Waals surface area contributed by atoms with Crippen molar-refractivity contribution >= 4 is 11.9 Å². The van der Waals surface area contributed by atoms with E-state index in [9.17, 15) is 5.11 Å². The van der Waals surface area contributed by atoms with Crippen molar-refractivity contribution in [2.75, 3.05) is 18.0 Å². The maximum absolute atomic E-state index is 9.47. The summed E-state index contributed by atoms with van der Waals surface area (Å²) in [6.45, 7) is 1.77. The Labute approximate surface area is 95.4 Å². The molecule has 0 bridgehead atoms. The molecule has 0 saturated carbocycles. The lowest BCUT2D eigenvalue weighted by Crippen LogP contribution is -2.36. The van der Waals surface area contributed by atoms with Gasteiger partial charge >= 0.3 is 0 Å². The number of nitrogens with zero attached hydrogens (tertiary/aromatic N) is 2. The molecule has 4 heteroatoms. The zero-order valence-corrected chi connectivity index (χ0v) is 9.21. The molecule has 0 unspecified atom stereocenters. The van der Waals surface area contributed by atoms with Crippen LogP contribution in [0.5, 0.6) is 0 Å². The van der Waals surface area contributed by atoms with Gasteiger partial charge in [0.1, 0.15) is 0 Å². The predicted octanol–water partition coefficient (Wildman–Crippen LogP) is 0.940. The van der Waals surface area contributed by atoms with E-state index in [1.807, 2.05) is 18.2 Å². The minimum Gasteiger partial charge on any atom is -0.393 e. The topological polar surface area (TPSA) is 61.8 Å². The van der Waals surface area contributed by atoms with E-state index in [-0.39, 0.29) is 6.10 Å². The van der Waals surface area contributed by atoms with E-state index in [1.165, 1.54) is 0 Å². The number of benzene rings is 1. The summed E-state index contributed by atoms with van der Waals surface area (Å²) in [5.74, 6) is 5.19. The molecule has 86 valence electrons. The maximum atomic E-state index is 9.47. The van der Waals surface area contributed by atoms with Gasteiger partial charge in [-0.2, -0.15) is 5.10 Å². The van der Waals surface area contributed by atoms with E-state index >= 15 is 0 Å². The Bertz CT molecular complexity index is 370. The zero-order chi connectivity index (χ0) is 11.4. The number of aliphatic hydroxyl groups excluding tert-OH is 1. The number of para-hydroxylation sites is 1. The lowest BCUT2D eigenvalue weighted by molar-refractivity contribution is 0.145. The van der Waals surface area contributed by atoms with Crippen LogP contribution in [-0.4, -0.2) is 30.5 Å². The first-order valence-corrected chi connectivity index (χ1v) is 5.56. The molecule has 0 radical (unpaired) electrons. The molecule has 0 spiro atoms. The van der Waals surface area contributed by atoms with E-state index in [2.05, 4.69) is 16.1 Å². The fourth-order valence-electron chi connectivity index (χ4n) is 2.07. The van der Waals surface area contributed by atoms with E-state index in [1.54, 1.807) is 6.21 Å². The van der Waals surface area contributed by atoms with Gasteiger partial charge in [0.2, 0.25) is 0 Å². The Morgan fingerprint density at radius 2 is 2.00 bits per heavy atom. The molecule has 16 heavy (non-hydrogen) atoms. The van der Waals surface area contributed by atoms with Gasteiger partial charge in [-0.15, -0.1) is 0 Å². The number of aliphatic hydroxyl groups is 1. The van der Waals surface area contributed by atoms with E-state index in [4.69, 9.17) is 5.84 Å². The number of hydrazone groups is 1. The van der Waals surface area contributed by atoms with Crippen LogP contribution in [0.2, 0.25) is 0 Å². The average Bonchev–Trinajstić information content (AvgIpc) is 2.32. The van der Waals surface area contributed by atoms with Gasteiger partial charge in [-0.1, -0.05) is 18.2 Å². The fourth-order valence-corrected chi connectivity index (χ4v) is 2.07. The number of piperidine rings is 1. The summed E-state index contributed by atoms with van der Waals surface area (Å²) in [6, 6.07) is 8.04. The Kier molecular flexibility index (Phi) is 3.41. The van der Waals surface area contributed by atoms with Crippen molar-refractivity contribution in [1.29, 1.82) is 0 Å². The fraction of sp³-hybridized carbons (Fsp3) is 0.417. The van der Waals surface area contributed by atoms with Gasteiger partial charge in [0.15, 0.2) is 0 Å². The Hall–Kier alpha value is -1.55. The largest absolute Gasteiger partial charge is 0.393 e. The first-order chi connectivity index (χ1) is 7.81. The van der Waals surface area contributed by atoms with Crippen molar-refractivity contribution in [2.24, 2.45) is 10.9 Å². The van der Waals surface area contributed by atoms with Gasteiger partial charge in [-0.05, 0) is 18.9 Å². The highest BCUT2D eigenvalue weighted by Crippen LogP contribution is 2.22. The van der Waals surface area contributed by atoms with Gasteiger partial charge in [0.05, 0.1) is 12.3 Å². The van der Waals surface area contributed by atoms with Crippen molar-refractivity contribution in [3.05, 3.63) is 29.8 Å². The molecule has 0 aliphatic carbocycles. The summed E-state index contributed by atoms with van der Waals surface area (Å²) < 4.78 is 0. The summed E-state index contributed by atoms with van der Waals surface area (Å²) in [4.78, 5) is 2.27. The standard InChI is InChI=1S/C12H17N3O/c13-14-9-10-3-1-2-4-12(10)15-7-5-11(16)6-8-15/h1-4,9,11,16H,5-8,13H2. The van der Waals surface area contributed by atoms with Crippen LogP contribution in [0.3, 0.4) is 0 Å². The molecule has 1 aliphatic rings. The summed E-state index contributed by atoms with van der Waals surface area (Å²) in [5, 5.41) is 13.0. The zero-order valence-electron chi connectivity index (χ0n) is 9.21. The molecule has 0 atom stereocenters. The maximum Gasteiger partial charge on any atom is 0.0574 e. The molecule has 1 aromatic carbocycles. The third kappa shape index (κ3) is 2.33. The Morgan fingerprint density at radius 1 is 1.31 bits per heavy atom. The van der Waals surface area contributed by atoms with Crippen LogP contribution >= 0.6 is 0 Å². The molecular weight excluding hydrogens is 202 g/mol. The second kappa shape index (κ2) is 4.99. The normalized spacial score (nSPS) is 18.2. The molecule has 0 aromatic heterocycles. The lowest BCUT2D eigenvalue weighted by atomic mass is 10.1. The Morgan fingerprint density at radius 3 is 2.69 bits per heavy atom. The summed E-state index contributed by atoms with van der Waals surface area (Å²) >= 11 is 0. The number of hydrogen-bond donors (Lipinski definition) is 2. The molecule has 0 amide bonds.